The molecular formula is C14H20Cl2N2OS. The molecule has 0 aliphatic heterocycles. The maximum atomic E-state index is 12.3. The van der Waals surface area contributed by atoms with Gasteiger partial charge >= 0.3 is 0 Å². The molecule has 6 heteroatoms. The molecule has 0 heterocycles. The van der Waals surface area contributed by atoms with E-state index in [9.17, 15) is 4.79 Å². The first-order valence-electron chi connectivity index (χ1n) is 6.49. The van der Waals surface area contributed by atoms with Crippen molar-refractivity contribution in [3.8, 4) is 0 Å². The second-order valence-electron chi connectivity index (χ2n) is 5.02. The average molecular weight is 335 g/mol. The molecule has 0 spiro atoms. The molecule has 0 unspecified atom stereocenters. The zero-order chi connectivity index (χ0) is 13.9. The molecule has 0 saturated heterocycles. The van der Waals surface area contributed by atoms with Crippen molar-refractivity contribution in [1.82, 2.24) is 0 Å². The zero-order valence-corrected chi connectivity index (χ0v) is 13.8. The number of thioether (sulfide) groups is 1. The summed E-state index contributed by atoms with van der Waals surface area (Å²) < 4.78 is 0. The van der Waals surface area contributed by atoms with Gasteiger partial charge in [0.2, 0.25) is 5.91 Å². The lowest BCUT2D eigenvalue weighted by atomic mass is 9.82. The molecule has 0 bridgehead atoms. The van der Waals surface area contributed by atoms with E-state index in [0.29, 0.717) is 10.7 Å². The Morgan fingerprint density at radius 3 is 2.55 bits per heavy atom. The van der Waals surface area contributed by atoms with Crippen molar-refractivity contribution in [3.05, 3.63) is 23.2 Å². The van der Waals surface area contributed by atoms with Gasteiger partial charge in [0.05, 0.1) is 10.6 Å². The molecule has 112 valence electrons. The molecular weight excluding hydrogens is 315 g/mol. The fraction of sp³-hybridized carbons (Fsp3) is 0.500. The number of anilines is 1. The van der Waals surface area contributed by atoms with E-state index in [0.717, 1.165) is 30.6 Å². The molecule has 20 heavy (non-hydrogen) atoms. The highest BCUT2D eigenvalue weighted by molar-refractivity contribution is 7.98. The van der Waals surface area contributed by atoms with Crippen LogP contribution in [0.15, 0.2) is 23.1 Å². The molecule has 1 aliphatic carbocycles. The Morgan fingerprint density at radius 1 is 1.35 bits per heavy atom. The van der Waals surface area contributed by atoms with Crippen LogP contribution in [0.2, 0.25) is 5.02 Å². The van der Waals surface area contributed by atoms with Crippen molar-refractivity contribution in [2.24, 2.45) is 5.73 Å². The molecule has 3 nitrogen and oxygen atoms in total. The van der Waals surface area contributed by atoms with Crippen molar-refractivity contribution < 1.29 is 4.79 Å². The van der Waals surface area contributed by atoms with Gasteiger partial charge in [0.25, 0.3) is 0 Å². The fourth-order valence-corrected chi connectivity index (χ4v) is 3.28. The lowest BCUT2D eigenvalue weighted by Gasteiger charge is -2.31. The highest BCUT2D eigenvalue weighted by atomic mass is 35.5. The summed E-state index contributed by atoms with van der Waals surface area (Å²) in [5, 5.41) is 3.54. The number of nitrogens with two attached hydrogens (primary N) is 1. The van der Waals surface area contributed by atoms with Crippen LogP contribution in [0.1, 0.15) is 32.1 Å². The van der Waals surface area contributed by atoms with Gasteiger partial charge in [-0.25, -0.2) is 0 Å². The summed E-state index contributed by atoms with van der Waals surface area (Å²) in [7, 11) is 0. The third kappa shape index (κ3) is 4.04. The third-order valence-electron chi connectivity index (χ3n) is 3.61. The minimum atomic E-state index is -0.719. The smallest absolute Gasteiger partial charge is 0.244 e. The van der Waals surface area contributed by atoms with E-state index in [1.165, 1.54) is 6.42 Å². The standard InChI is InChI=1S/C14H19ClN2OS.ClH/c1-19-12-6-5-10(9-11(12)15)17-13(18)14(16)7-3-2-4-8-14;/h5-6,9H,2-4,7-8,16H2,1H3,(H,17,18);1H. The molecule has 0 aromatic heterocycles. The van der Waals surface area contributed by atoms with Gasteiger partial charge in [-0.05, 0) is 37.3 Å². The molecule has 0 atom stereocenters. The van der Waals surface area contributed by atoms with Crippen molar-refractivity contribution in [2.45, 2.75) is 42.5 Å². The monoisotopic (exact) mass is 334 g/mol. The molecule has 1 saturated carbocycles. The lowest BCUT2D eigenvalue weighted by molar-refractivity contribution is -0.122. The van der Waals surface area contributed by atoms with Gasteiger partial charge in [-0.3, -0.25) is 4.79 Å². The van der Waals surface area contributed by atoms with Gasteiger partial charge in [-0.1, -0.05) is 30.9 Å². The predicted molar refractivity (Wildman–Crippen MR) is 89.1 cm³/mol. The molecule has 1 amide bonds. The summed E-state index contributed by atoms with van der Waals surface area (Å²) in [6.45, 7) is 0. The van der Waals surface area contributed by atoms with E-state index < -0.39 is 5.54 Å². The molecule has 1 aromatic carbocycles. The minimum Gasteiger partial charge on any atom is -0.324 e. The summed E-state index contributed by atoms with van der Waals surface area (Å²) >= 11 is 7.71. The first kappa shape index (κ1) is 17.6. The van der Waals surface area contributed by atoms with Crippen LogP contribution in [0.3, 0.4) is 0 Å². The third-order valence-corrected chi connectivity index (χ3v) is 4.83. The summed E-state index contributed by atoms with van der Waals surface area (Å²) in [4.78, 5) is 13.3. The summed E-state index contributed by atoms with van der Waals surface area (Å²) in [6, 6.07) is 5.55. The molecule has 0 radical (unpaired) electrons. The molecule has 1 aromatic rings. The van der Waals surface area contributed by atoms with E-state index in [1.807, 2.05) is 18.4 Å². The van der Waals surface area contributed by atoms with Gasteiger partial charge in [0, 0.05) is 10.6 Å². The lowest BCUT2D eigenvalue weighted by Crippen LogP contribution is -2.52. The maximum absolute atomic E-state index is 12.3. The second kappa shape index (κ2) is 7.55. The Hall–Kier alpha value is -0.420. The van der Waals surface area contributed by atoms with Gasteiger partial charge in [-0.2, -0.15) is 0 Å². The van der Waals surface area contributed by atoms with E-state index >= 15 is 0 Å². The quantitative estimate of drug-likeness (QED) is 0.818. The number of benzene rings is 1. The summed E-state index contributed by atoms with van der Waals surface area (Å²) in [5.41, 5.74) is 6.19. The number of carbonyl (C=O) groups is 1. The Balaban J connectivity index is 0.00000200. The molecule has 1 fully saturated rings. The number of rotatable bonds is 3. The van der Waals surface area contributed by atoms with Crippen molar-refractivity contribution in [2.75, 3.05) is 11.6 Å². The summed E-state index contributed by atoms with van der Waals surface area (Å²) in [5.74, 6) is -0.0971. The van der Waals surface area contributed by atoms with Crippen LogP contribution >= 0.6 is 35.8 Å². The number of amides is 1. The molecule has 3 N–H and O–H groups in total. The van der Waals surface area contributed by atoms with Crippen LogP contribution in [-0.4, -0.2) is 17.7 Å². The highest BCUT2D eigenvalue weighted by Crippen LogP contribution is 2.30. The van der Waals surface area contributed by atoms with E-state index in [1.54, 1.807) is 17.8 Å². The Morgan fingerprint density at radius 2 is 2.00 bits per heavy atom. The van der Waals surface area contributed by atoms with Crippen LogP contribution in [-0.2, 0) is 4.79 Å². The first-order valence-corrected chi connectivity index (χ1v) is 8.09. The van der Waals surface area contributed by atoms with Gasteiger partial charge in [0.1, 0.15) is 0 Å². The van der Waals surface area contributed by atoms with E-state index in [4.69, 9.17) is 17.3 Å². The SMILES string of the molecule is CSc1ccc(NC(=O)C2(N)CCCCC2)cc1Cl.Cl. The summed E-state index contributed by atoms with van der Waals surface area (Å²) in [6.07, 6.45) is 6.70. The number of hydrogen-bond acceptors (Lipinski definition) is 3. The number of carbonyl (C=O) groups excluding carboxylic acids is 1. The van der Waals surface area contributed by atoms with Crippen LogP contribution < -0.4 is 11.1 Å². The normalized spacial score (nSPS) is 17.1. The average Bonchev–Trinajstić information content (AvgIpc) is 2.40. The maximum Gasteiger partial charge on any atom is 0.244 e. The highest BCUT2D eigenvalue weighted by Gasteiger charge is 2.35. The van der Waals surface area contributed by atoms with Gasteiger partial charge < -0.3 is 11.1 Å². The molecule has 2 rings (SSSR count). The minimum absolute atomic E-state index is 0. The second-order valence-corrected chi connectivity index (χ2v) is 6.28. The van der Waals surface area contributed by atoms with Crippen LogP contribution in [0, 0.1) is 0 Å². The van der Waals surface area contributed by atoms with Crippen molar-refractivity contribution >= 4 is 47.4 Å². The van der Waals surface area contributed by atoms with Gasteiger partial charge in [0.15, 0.2) is 0 Å². The fourth-order valence-electron chi connectivity index (χ4n) is 2.41. The number of nitrogens with one attached hydrogen (secondary N) is 1. The van der Waals surface area contributed by atoms with Crippen LogP contribution in [0.5, 0.6) is 0 Å². The predicted octanol–water partition coefficient (Wildman–Crippen LogP) is 4.08. The van der Waals surface area contributed by atoms with Crippen molar-refractivity contribution in [3.63, 3.8) is 0 Å². The van der Waals surface area contributed by atoms with E-state index in [2.05, 4.69) is 5.32 Å². The van der Waals surface area contributed by atoms with Crippen LogP contribution in [0.4, 0.5) is 5.69 Å². The van der Waals surface area contributed by atoms with Crippen molar-refractivity contribution in [1.29, 1.82) is 0 Å². The first-order chi connectivity index (χ1) is 9.05. The van der Waals surface area contributed by atoms with Gasteiger partial charge in [-0.15, -0.1) is 24.2 Å². The zero-order valence-electron chi connectivity index (χ0n) is 11.4. The topological polar surface area (TPSA) is 55.1 Å². The van der Waals surface area contributed by atoms with E-state index in [-0.39, 0.29) is 18.3 Å². The Bertz CT molecular complexity index is 476. The number of halogens is 2. The largest absolute Gasteiger partial charge is 0.324 e. The molecule has 1 aliphatic rings. The Labute approximate surface area is 135 Å². The van der Waals surface area contributed by atoms with Crippen LogP contribution in [0.25, 0.3) is 0 Å². The Kier molecular flexibility index (Phi) is 6.65. The number of hydrogen-bond donors (Lipinski definition) is 2.